The van der Waals surface area contributed by atoms with Crippen LogP contribution in [0.4, 0.5) is 4.39 Å². The van der Waals surface area contributed by atoms with Crippen LogP contribution in [0.2, 0.25) is 0 Å². The average Bonchev–Trinajstić information content (AvgIpc) is 2.57. The second kappa shape index (κ2) is 8.15. The van der Waals surface area contributed by atoms with Gasteiger partial charge in [-0.3, -0.25) is 14.9 Å². The second-order valence-corrected chi connectivity index (χ2v) is 5.11. The van der Waals surface area contributed by atoms with Crippen molar-refractivity contribution >= 4 is 29.6 Å². The van der Waals surface area contributed by atoms with Crippen molar-refractivity contribution in [3.63, 3.8) is 0 Å². The molecule has 2 amide bonds. The molecule has 0 saturated heterocycles. The lowest BCUT2D eigenvalue weighted by molar-refractivity contribution is -0.126. The first-order valence-electron chi connectivity index (χ1n) is 6.99. The minimum atomic E-state index is -0.835. The van der Waals surface area contributed by atoms with Gasteiger partial charge in [-0.15, -0.1) is 0 Å². The van der Waals surface area contributed by atoms with E-state index in [1.54, 1.807) is 18.2 Å². The van der Waals surface area contributed by atoms with Crippen molar-refractivity contribution in [2.24, 2.45) is 0 Å². The Hall–Kier alpha value is -3.07. The molecular weight excluding hydrogens is 349 g/mol. The van der Waals surface area contributed by atoms with Gasteiger partial charge in [-0.25, -0.2) is 4.98 Å². The van der Waals surface area contributed by atoms with Gasteiger partial charge in [0.15, 0.2) is 4.64 Å². The molecule has 0 fully saturated rings. The third-order valence-corrected chi connectivity index (χ3v) is 3.21. The van der Waals surface area contributed by atoms with Crippen molar-refractivity contribution in [1.82, 2.24) is 15.3 Å². The molecule has 25 heavy (non-hydrogen) atoms. The van der Waals surface area contributed by atoms with E-state index in [2.05, 4.69) is 15.3 Å². The Bertz CT molecular complexity index is 895. The summed E-state index contributed by atoms with van der Waals surface area (Å²) in [5, 5.41) is 2.15. The number of imide groups is 1. The molecule has 0 bridgehead atoms. The maximum absolute atomic E-state index is 14.0. The number of nitrogens with one attached hydrogen (secondary N) is 2. The maximum Gasteiger partial charge on any atom is 0.261 e. The largest absolute Gasteiger partial charge is 0.504 e. The molecule has 1 heterocycles. The second-order valence-electron chi connectivity index (χ2n) is 4.73. The van der Waals surface area contributed by atoms with Gasteiger partial charge >= 0.3 is 0 Å². The third-order valence-electron chi connectivity index (χ3n) is 2.92. The van der Waals surface area contributed by atoms with Gasteiger partial charge in [0.1, 0.15) is 5.75 Å². The van der Waals surface area contributed by atoms with Gasteiger partial charge in [0, 0.05) is 12.5 Å². The van der Waals surface area contributed by atoms with E-state index in [-0.39, 0.29) is 21.8 Å². The molecule has 1 aromatic carbocycles. The van der Waals surface area contributed by atoms with Crippen molar-refractivity contribution in [1.29, 1.82) is 0 Å². The molecule has 0 saturated carbocycles. The first kappa shape index (κ1) is 18.3. The summed E-state index contributed by atoms with van der Waals surface area (Å²) in [6, 6.07) is 6.38. The molecule has 0 aliphatic carbocycles. The zero-order valence-electron chi connectivity index (χ0n) is 13.3. The van der Waals surface area contributed by atoms with Crippen LogP contribution in [0.25, 0.3) is 5.57 Å². The van der Waals surface area contributed by atoms with Crippen LogP contribution in [0, 0.1) is 10.5 Å². The first-order valence-corrected chi connectivity index (χ1v) is 7.40. The summed E-state index contributed by atoms with van der Waals surface area (Å²) in [4.78, 5) is 29.5. The molecule has 9 heteroatoms. The van der Waals surface area contributed by atoms with Crippen LogP contribution in [0.1, 0.15) is 12.5 Å². The summed E-state index contributed by atoms with van der Waals surface area (Å²) in [5.41, 5.74) is 0.319. The fourth-order valence-corrected chi connectivity index (χ4v) is 2.06. The summed E-state index contributed by atoms with van der Waals surface area (Å²) in [6.07, 6.45) is 2.35. The highest BCUT2D eigenvalue weighted by atomic mass is 32.1. The highest BCUT2D eigenvalue weighted by molar-refractivity contribution is 7.71. The molecule has 0 radical (unpaired) electrons. The number of amides is 2. The van der Waals surface area contributed by atoms with E-state index in [0.717, 1.165) is 6.26 Å². The normalized spacial score (nSPS) is 10.9. The van der Waals surface area contributed by atoms with Gasteiger partial charge in [0.2, 0.25) is 17.6 Å². The Morgan fingerprint density at radius 3 is 2.76 bits per heavy atom. The molecule has 2 N–H and O–H groups in total. The number of rotatable bonds is 5. The van der Waals surface area contributed by atoms with Gasteiger partial charge < -0.3 is 14.5 Å². The van der Waals surface area contributed by atoms with Crippen molar-refractivity contribution in [3.8, 4) is 11.6 Å². The molecule has 2 rings (SSSR count). The molecular formula is C16H14FN3O4S. The van der Waals surface area contributed by atoms with Gasteiger partial charge in [-0.05, 0) is 6.07 Å². The van der Waals surface area contributed by atoms with E-state index in [0.29, 0.717) is 5.56 Å². The van der Waals surface area contributed by atoms with Crippen molar-refractivity contribution < 1.29 is 23.5 Å². The third kappa shape index (κ3) is 4.48. The predicted octanol–water partition coefficient (Wildman–Crippen LogP) is 2.72. The van der Waals surface area contributed by atoms with Crippen LogP contribution >= 0.6 is 12.2 Å². The number of aromatic nitrogens is 2. The number of aromatic amines is 1. The number of ether oxygens (including phenoxy) is 2. The Morgan fingerprint density at radius 1 is 1.36 bits per heavy atom. The minimum absolute atomic E-state index is 0.0290. The number of halogens is 1. The summed E-state index contributed by atoms with van der Waals surface area (Å²) in [6.45, 7) is 1.21. The molecule has 130 valence electrons. The van der Waals surface area contributed by atoms with Crippen LogP contribution in [-0.4, -0.2) is 28.9 Å². The topological polar surface area (TPSA) is 93.3 Å². The lowest BCUT2D eigenvalue weighted by atomic mass is 10.1. The lowest BCUT2D eigenvalue weighted by Crippen LogP contribution is -2.29. The van der Waals surface area contributed by atoms with E-state index in [1.165, 1.54) is 26.4 Å². The van der Waals surface area contributed by atoms with Gasteiger partial charge in [-0.2, -0.15) is 4.39 Å². The van der Waals surface area contributed by atoms with Crippen LogP contribution in [0.15, 0.2) is 36.9 Å². The fourth-order valence-electron chi connectivity index (χ4n) is 1.91. The number of nitrogens with zero attached hydrogens (tertiary/aromatic N) is 1. The molecule has 2 aromatic rings. The summed E-state index contributed by atoms with van der Waals surface area (Å²) in [5.74, 6) is -2.16. The van der Waals surface area contributed by atoms with E-state index in [9.17, 15) is 14.0 Å². The van der Waals surface area contributed by atoms with Gasteiger partial charge in [0.25, 0.3) is 5.91 Å². The molecule has 1 aromatic heterocycles. The molecule has 0 atom stereocenters. The Kier molecular flexibility index (Phi) is 5.96. The standard InChI is InChI=1S/C16H14FN3O4S/c1-9(21)20-14(22)11(7-23-2)10-5-3-4-6-12(10)24-15-13(17)16(25)19-8-18-15/h3-8H,1-2H3,(H,18,19,25)(H,20,21,22)/b11-7+. The van der Waals surface area contributed by atoms with Crippen LogP contribution in [0.3, 0.4) is 0 Å². The van der Waals surface area contributed by atoms with Gasteiger partial charge in [-0.1, -0.05) is 30.4 Å². The van der Waals surface area contributed by atoms with Crippen molar-refractivity contribution in [3.05, 3.63) is 52.9 Å². The summed E-state index contributed by atoms with van der Waals surface area (Å²) < 4.78 is 24.2. The number of hydrogen-bond acceptors (Lipinski definition) is 6. The summed E-state index contributed by atoms with van der Waals surface area (Å²) >= 11 is 4.75. The molecule has 0 unspecified atom stereocenters. The van der Waals surface area contributed by atoms with Gasteiger partial charge in [0.05, 0.1) is 25.3 Å². The number of carbonyl (C=O) groups is 2. The zero-order valence-corrected chi connectivity index (χ0v) is 14.1. The van der Waals surface area contributed by atoms with E-state index >= 15 is 0 Å². The summed E-state index contributed by atoms with van der Waals surface area (Å²) in [7, 11) is 1.35. The van der Waals surface area contributed by atoms with Crippen molar-refractivity contribution in [2.75, 3.05) is 7.11 Å². The monoisotopic (exact) mass is 363 g/mol. The zero-order chi connectivity index (χ0) is 18.4. The van der Waals surface area contributed by atoms with Crippen LogP contribution < -0.4 is 10.1 Å². The predicted molar refractivity (Wildman–Crippen MR) is 89.7 cm³/mol. The Morgan fingerprint density at radius 2 is 2.08 bits per heavy atom. The maximum atomic E-state index is 14.0. The molecule has 0 aliphatic rings. The van der Waals surface area contributed by atoms with Crippen LogP contribution in [-0.2, 0) is 14.3 Å². The smallest absolute Gasteiger partial charge is 0.261 e. The fraction of sp³-hybridized carbons (Fsp3) is 0.125. The molecule has 7 nitrogen and oxygen atoms in total. The number of carbonyl (C=O) groups excluding carboxylic acids is 2. The average molecular weight is 363 g/mol. The molecule has 0 spiro atoms. The number of hydrogen-bond donors (Lipinski definition) is 2. The van der Waals surface area contributed by atoms with E-state index < -0.39 is 17.6 Å². The number of benzene rings is 1. The quantitative estimate of drug-likeness (QED) is 0.482. The van der Waals surface area contributed by atoms with E-state index in [4.69, 9.17) is 21.7 Å². The highest BCUT2D eigenvalue weighted by Crippen LogP contribution is 2.30. The van der Waals surface area contributed by atoms with E-state index in [1.807, 2.05) is 0 Å². The number of methoxy groups -OCH3 is 1. The number of para-hydroxylation sites is 1. The van der Waals surface area contributed by atoms with Crippen molar-refractivity contribution in [2.45, 2.75) is 6.92 Å². The Balaban J connectivity index is 2.47. The Labute approximate surface area is 147 Å². The lowest BCUT2D eigenvalue weighted by Gasteiger charge is -2.13. The first-order chi connectivity index (χ1) is 11.9. The van der Waals surface area contributed by atoms with Crippen LogP contribution in [0.5, 0.6) is 11.6 Å². The molecule has 0 aliphatic heterocycles. The SMILES string of the molecule is CO/C=C(/C(=O)NC(C)=O)c1ccccc1Oc1[nH]cnc(=S)c1F. The number of H-pyrrole nitrogens is 1. The highest BCUT2D eigenvalue weighted by Gasteiger charge is 2.19. The minimum Gasteiger partial charge on any atom is -0.504 e.